The van der Waals surface area contributed by atoms with Crippen LogP contribution in [0.5, 0.6) is 0 Å². The Morgan fingerprint density at radius 1 is 1.80 bits per heavy atom. The highest BCUT2D eigenvalue weighted by atomic mass is 32.2. The smallest absolute Gasteiger partial charge is 0.284 e. The van der Waals surface area contributed by atoms with Crippen LogP contribution >= 0.6 is 11.9 Å². The van der Waals surface area contributed by atoms with E-state index in [1.165, 1.54) is 26.9 Å². The number of nitrogens with zero attached hydrogens (tertiary/aromatic N) is 3. The first-order valence-electron chi connectivity index (χ1n) is 2.99. The summed E-state index contributed by atoms with van der Waals surface area (Å²) in [5.74, 6) is 0.858. The van der Waals surface area contributed by atoms with Crippen LogP contribution in [0.15, 0.2) is 11.1 Å². The Morgan fingerprint density at radius 2 is 2.50 bits per heavy atom. The molecule has 5 heteroatoms. The Balaban J connectivity index is 2.95. The molecule has 0 aliphatic carbocycles. The highest BCUT2D eigenvalue weighted by Crippen LogP contribution is 1.95. The van der Waals surface area contributed by atoms with Crippen LogP contribution in [0.25, 0.3) is 0 Å². The van der Waals surface area contributed by atoms with E-state index in [-0.39, 0.29) is 5.69 Å². The van der Waals surface area contributed by atoms with Gasteiger partial charge in [-0.15, -0.1) is 5.10 Å². The Labute approximate surface area is 63.0 Å². The number of aryl methyl sites for hydroxylation is 1. The Hall–Kier alpha value is -0.710. The van der Waals surface area contributed by atoms with Crippen molar-refractivity contribution in [2.75, 3.05) is 5.75 Å². The summed E-state index contributed by atoms with van der Waals surface area (Å²) in [7, 11) is 1.68. The highest BCUT2D eigenvalue weighted by molar-refractivity contribution is 7.97. The third-order valence-corrected chi connectivity index (χ3v) is 1.80. The van der Waals surface area contributed by atoms with E-state index in [1.54, 1.807) is 7.05 Å². The Bertz CT molecular complexity index is 264. The molecule has 1 heterocycles. The molecule has 0 amide bonds. The molecular weight excluding hydrogens is 150 g/mol. The maximum absolute atomic E-state index is 11.0. The first-order chi connectivity index (χ1) is 4.75. The van der Waals surface area contributed by atoms with Crippen molar-refractivity contribution in [1.29, 1.82) is 0 Å². The fourth-order valence-electron chi connectivity index (χ4n) is 0.569. The minimum atomic E-state index is -0.0770. The molecule has 0 fully saturated rings. The van der Waals surface area contributed by atoms with E-state index in [2.05, 4.69) is 5.10 Å². The van der Waals surface area contributed by atoms with Gasteiger partial charge in [0.25, 0.3) is 0 Å². The molecular formula is C5H9N3OS. The van der Waals surface area contributed by atoms with Gasteiger partial charge < -0.3 is 0 Å². The van der Waals surface area contributed by atoms with Gasteiger partial charge in [-0.3, -0.25) is 4.57 Å². The molecule has 1 aromatic rings. The number of hydrogen-bond acceptors (Lipinski definition) is 3. The van der Waals surface area contributed by atoms with Crippen molar-refractivity contribution in [3.05, 3.63) is 16.8 Å². The quantitative estimate of drug-likeness (QED) is 0.614. The predicted molar refractivity (Wildman–Crippen MR) is 41.0 cm³/mol. The highest BCUT2D eigenvalue weighted by Gasteiger charge is 1.98. The fourth-order valence-corrected chi connectivity index (χ4v) is 1.16. The van der Waals surface area contributed by atoms with Gasteiger partial charge in [0.1, 0.15) is 6.33 Å². The lowest BCUT2D eigenvalue weighted by atomic mass is 11.0. The molecule has 0 bridgehead atoms. The average molecular weight is 159 g/mol. The molecule has 10 heavy (non-hydrogen) atoms. The van der Waals surface area contributed by atoms with Crippen molar-refractivity contribution >= 4 is 11.9 Å². The first kappa shape index (κ1) is 7.40. The van der Waals surface area contributed by atoms with E-state index in [1.807, 2.05) is 6.92 Å². The predicted octanol–water partition coefficient (Wildman–Crippen LogP) is 0.0980. The molecule has 0 aliphatic heterocycles. The van der Waals surface area contributed by atoms with Crippen LogP contribution in [-0.2, 0) is 7.05 Å². The third kappa shape index (κ3) is 1.23. The van der Waals surface area contributed by atoms with Gasteiger partial charge in [0, 0.05) is 12.8 Å². The number of rotatable bonds is 2. The van der Waals surface area contributed by atoms with Crippen LogP contribution in [-0.4, -0.2) is 19.5 Å². The van der Waals surface area contributed by atoms with E-state index in [9.17, 15) is 4.79 Å². The van der Waals surface area contributed by atoms with Crippen LogP contribution in [0.4, 0.5) is 0 Å². The molecule has 0 spiro atoms. The second kappa shape index (κ2) is 2.92. The molecule has 4 nitrogen and oxygen atoms in total. The topological polar surface area (TPSA) is 39.8 Å². The van der Waals surface area contributed by atoms with Crippen LogP contribution in [0.3, 0.4) is 0 Å². The molecule has 0 N–H and O–H groups in total. The van der Waals surface area contributed by atoms with Gasteiger partial charge in [-0.1, -0.05) is 6.92 Å². The van der Waals surface area contributed by atoms with Crippen molar-refractivity contribution in [3.63, 3.8) is 0 Å². The van der Waals surface area contributed by atoms with Crippen LogP contribution in [0, 0.1) is 0 Å². The first-order valence-corrected chi connectivity index (χ1v) is 3.94. The molecule has 1 aromatic heterocycles. The fraction of sp³-hybridized carbons (Fsp3) is 0.600. The van der Waals surface area contributed by atoms with Gasteiger partial charge in [0.05, 0.1) is 0 Å². The normalized spacial score (nSPS) is 10.2. The SMILES string of the molecule is CCSn1ncn(C)c1=O. The number of hydrogen-bond donors (Lipinski definition) is 0. The van der Waals surface area contributed by atoms with Gasteiger partial charge in [-0.2, -0.15) is 4.09 Å². The zero-order valence-corrected chi connectivity index (χ0v) is 6.76. The molecule has 0 saturated carbocycles. The summed E-state index contributed by atoms with van der Waals surface area (Å²) in [4.78, 5) is 11.0. The van der Waals surface area contributed by atoms with E-state index in [0.29, 0.717) is 0 Å². The Morgan fingerprint density at radius 3 is 2.90 bits per heavy atom. The molecule has 0 saturated heterocycles. The van der Waals surface area contributed by atoms with Gasteiger partial charge in [-0.25, -0.2) is 4.79 Å². The van der Waals surface area contributed by atoms with Gasteiger partial charge in [0.2, 0.25) is 0 Å². The van der Waals surface area contributed by atoms with Gasteiger partial charge >= 0.3 is 5.69 Å². The molecule has 56 valence electrons. The zero-order chi connectivity index (χ0) is 7.56. The largest absolute Gasteiger partial charge is 0.356 e. The number of aromatic nitrogens is 3. The van der Waals surface area contributed by atoms with E-state index < -0.39 is 0 Å². The molecule has 0 radical (unpaired) electrons. The summed E-state index contributed by atoms with van der Waals surface area (Å²) in [6.45, 7) is 1.98. The van der Waals surface area contributed by atoms with Crippen molar-refractivity contribution in [2.45, 2.75) is 6.92 Å². The van der Waals surface area contributed by atoms with E-state index >= 15 is 0 Å². The molecule has 0 aromatic carbocycles. The third-order valence-electron chi connectivity index (χ3n) is 1.05. The summed E-state index contributed by atoms with van der Waals surface area (Å²) in [6, 6.07) is 0. The lowest BCUT2D eigenvalue weighted by Gasteiger charge is -1.90. The average Bonchev–Trinajstić information content (AvgIpc) is 2.20. The van der Waals surface area contributed by atoms with Crippen LogP contribution in [0.2, 0.25) is 0 Å². The summed E-state index contributed by atoms with van der Waals surface area (Å²) in [5.41, 5.74) is -0.0770. The maximum atomic E-state index is 11.0. The molecule has 0 atom stereocenters. The van der Waals surface area contributed by atoms with Crippen molar-refractivity contribution in [3.8, 4) is 0 Å². The second-order valence-corrected chi connectivity index (χ2v) is 3.00. The van der Waals surface area contributed by atoms with E-state index in [4.69, 9.17) is 0 Å². The van der Waals surface area contributed by atoms with Crippen LogP contribution < -0.4 is 5.69 Å². The minimum absolute atomic E-state index is 0.0770. The summed E-state index contributed by atoms with van der Waals surface area (Å²) in [6.07, 6.45) is 1.50. The lowest BCUT2D eigenvalue weighted by molar-refractivity contribution is 0.849. The second-order valence-electron chi connectivity index (χ2n) is 1.82. The van der Waals surface area contributed by atoms with Gasteiger partial charge in [0.15, 0.2) is 0 Å². The maximum Gasteiger partial charge on any atom is 0.356 e. The van der Waals surface area contributed by atoms with Crippen LogP contribution in [0.1, 0.15) is 6.92 Å². The van der Waals surface area contributed by atoms with Crippen molar-refractivity contribution in [2.24, 2.45) is 7.05 Å². The Kier molecular flexibility index (Phi) is 2.16. The zero-order valence-electron chi connectivity index (χ0n) is 5.94. The standard InChI is InChI=1S/C5H9N3OS/c1-3-10-8-5(9)7(2)4-6-8/h4H,3H2,1-2H3. The summed E-state index contributed by atoms with van der Waals surface area (Å²) < 4.78 is 2.82. The summed E-state index contributed by atoms with van der Waals surface area (Å²) >= 11 is 1.39. The van der Waals surface area contributed by atoms with Gasteiger partial charge in [-0.05, 0) is 11.9 Å². The summed E-state index contributed by atoms with van der Waals surface area (Å²) in [5, 5.41) is 3.84. The minimum Gasteiger partial charge on any atom is -0.284 e. The molecule has 0 unspecified atom stereocenters. The van der Waals surface area contributed by atoms with Crippen molar-refractivity contribution < 1.29 is 0 Å². The lowest BCUT2D eigenvalue weighted by Crippen LogP contribution is -2.18. The van der Waals surface area contributed by atoms with E-state index in [0.717, 1.165) is 5.75 Å². The molecule has 1 rings (SSSR count). The monoisotopic (exact) mass is 159 g/mol. The molecule has 0 aliphatic rings. The van der Waals surface area contributed by atoms with Crippen molar-refractivity contribution in [1.82, 2.24) is 13.8 Å².